The molecule has 3 rings (SSSR count). The zero-order chi connectivity index (χ0) is 12.2. The van der Waals surface area contributed by atoms with E-state index in [0.29, 0.717) is 0 Å². The first-order valence-electron chi connectivity index (χ1n) is 6.08. The molecule has 0 aliphatic heterocycles. The molecule has 1 aromatic heterocycles. The van der Waals surface area contributed by atoms with Gasteiger partial charge in [-0.05, 0) is 22.5 Å². The molecule has 0 amide bonds. The van der Waals surface area contributed by atoms with Crippen molar-refractivity contribution in [1.82, 2.24) is 0 Å². The van der Waals surface area contributed by atoms with Crippen LogP contribution in [0.15, 0.2) is 83.5 Å². The minimum absolute atomic E-state index is 1.12. The Bertz CT molecular complexity index is 548. The van der Waals surface area contributed by atoms with Crippen LogP contribution in [-0.4, -0.2) is 8.80 Å². The molecule has 0 saturated carbocycles. The van der Waals surface area contributed by atoms with Gasteiger partial charge in [-0.2, -0.15) is 0 Å². The monoisotopic (exact) mass is 250 g/mol. The van der Waals surface area contributed by atoms with Crippen molar-refractivity contribution in [3.63, 3.8) is 0 Å². The van der Waals surface area contributed by atoms with Gasteiger partial charge in [-0.15, -0.1) is 0 Å². The van der Waals surface area contributed by atoms with Gasteiger partial charge in [0.1, 0.15) is 0 Å². The van der Waals surface area contributed by atoms with Gasteiger partial charge in [0.15, 0.2) is 8.80 Å². The minimum atomic E-state index is -1.43. The third kappa shape index (κ3) is 2.15. The first kappa shape index (κ1) is 11.1. The summed E-state index contributed by atoms with van der Waals surface area (Å²) in [5, 5.41) is 3.89. The Kier molecular flexibility index (Phi) is 3.11. The second kappa shape index (κ2) is 5.06. The molecule has 0 radical (unpaired) electrons. The molecular formula is C16H14OSi. The predicted octanol–water partition coefficient (Wildman–Crippen LogP) is 1.53. The molecule has 3 aromatic rings. The van der Waals surface area contributed by atoms with Crippen LogP contribution in [0, 0.1) is 0 Å². The lowest BCUT2D eigenvalue weighted by Gasteiger charge is -2.13. The molecule has 0 spiro atoms. The van der Waals surface area contributed by atoms with E-state index in [9.17, 15) is 0 Å². The van der Waals surface area contributed by atoms with E-state index in [2.05, 4.69) is 66.7 Å². The first-order valence-corrected chi connectivity index (χ1v) is 7.81. The highest BCUT2D eigenvalue weighted by Crippen LogP contribution is 1.95. The highest BCUT2D eigenvalue weighted by molar-refractivity contribution is 6.94. The average Bonchev–Trinajstić information content (AvgIpc) is 2.95. The molecule has 18 heavy (non-hydrogen) atoms. The maximum atomic E-state index is 5.67. The van der Waals surface area contributed by atoms with Gasteiger partial charge in [-0.25, -0.2) is 0 Å². The molecule has 0 saturated heterocycles. The smallest absolute Gasteiger partial charge is 0.177 e. The molecule has 0 aliphatic rings. The molecule has 0 fully saturated rings. The first-order chi connectivity index (χ1) is 8.95. The molecule has 2 heteroatoms. The summed E-state index contributed by atoms with van der Waals surface area (Å²) in [6, 6.07) is 25.4. The van der Waals surface area contributed by atoms with Gasteiger partial charge in [-0.1, -0.05) is 60.7 Å². The molecule has 1 nitrogen and oxygen atoms in total. The molecule has 1 heterocycles. The van der Waals surface area contributed by atoms with Gasteiger partial charge >= 0.3 is 0 Å². The fourth-order valence-electron chi connectivity index (χ4n) is 2.27. The van der Waals surface area contributed by atoms with Crippen LogP contribution in [0.4, 0.5) is 0 Å². The summed E-state index contributed by atoms with van der Waals surface area (Å²) in [5.41, 5.74) is 0. The highest BCUT2D eigenvalue weighted by Gasteiger charge is 2.20. The van der Waals surface area contributed by atoms with Crippen molar-refractivity contribution >= 4 is 24.6 Å². The molecule has 0 unspecified atom stereocenters. The van der Waals surface area contributed by atoms with Crippen LogP contribution in [0.2, 0.25) is 0 Å². The van der Waals surface area contributed by atoms with Crippen LogP contribution in [-0.2, 0) is 0 Å². The van der Waals surface area contributed by atoms with Crippen LogP contribution in [0.5, 0.6) is 0 Å². The Balaban J connectivity index is 2.11. The zero-order valence-corrected chi connectivity index (χ0v) is 11.1. The predicted molar refractivity (Wildman–Crippen MR) is 77.6 cm³/mol. The summed E-state index contributed by atoms with van der Waals surface area (Å²) < 4.78 is 5.67. The summed E-state index contributed by atoms with van der Waals surface area (Å²) in [6.07, 6.45) is 1.77. The van der Waals surface area contributed by atoms with E-state index < -0.39 is 8.80 Å². The standard InChI is InChI=1S/C16H14OSi/c1-3-8-14(9-4-1)18(16-12-7-13-17-16)15-10-5-2-6-11-15/h1-13,18H. The van der Waals surface area contributed by atoms with Crippen molar-refractivity contribution in [3.05, 3.63) is 79.1 Å². The lowest BCUT2D eigenvalue weighted by molar-refractivity contribution is 0.600. The van der Waals surface area contributed by atoms with E-state index in [1.54, 1.807) is 6.26 Å². The van der Waals surface area contributed by atoms with Crippen LogP contribution in [0.25, 0.3) is 0 Å². The molecule has 0 bridgehead atoms. The maximum absolute atomic E-state index is 5.67. The van der Waals surface area contributed by atoms with Crippen molar-refractivity contribution in [2.24, 2.45) is 0 Å². The lowest BCUT2D eigenvalue weighted by Crippen LogP contribution is -2.51. The topological polar surface area (TPSA) is 13.1 Å². The van der Waals surface area contributed by atoms with Crippen LogP contribution in [0.3, 0.4) is 0 Å². The van der Waals surface area contributed by atoms with E-state index in [-0.39, 0.29) is 0 Å². The van der Waals surface area contributed by atoms with Crippen LogP contribution < -0.4 is 15.8 Å². The van der Waals surface area contributed by atoms with E-state index in [1.807, 2.05) is 6.07 Å². The summed E-state index contributed by atoms with van der Waals surface area (Å²) in [6.45, 7) is 0. The summed E-state index contributed by atoms with van der Waals surface area (Å²) >= 11 is 0. The van der Waals surface area contributed by atoms with Crippen molar-refractivity contribution in [2.75, 3.05) is 0 Å². The SMILES string of the molecule is c1ccc([SiH](c2ccccc2)c2ccco2)cc1. The van der Waals surface area contributed by atoms with Crippen molar-refractivity contribution < 1.29 is 4.42 Å². The Labute approximate surface area is 108 Å². The second-order valence-electron chi connectivity index (χ2n) is 4.27. The maximum Gasteiger partial charge on any atom is 0.177 e. The van der Waals surface area contributed by atoms with E-state index in [0.717, 1.165) is 5.38 Å². The Hall–Kier alpha value is -2.06. The van der Waals surface area contributed by atoms with E-state index in [4.69, 9.17) is 4.42 Å². The fraction of sp³-hybridized carbons (Fsp3) is 0. The van der Waals surface area contributed by atoms with Crippen molar-refractivity contribution in [3.8, 4) is 0 Å². The number of hydrogen-bond donors (Lipinski definition) is 0. The quantitative estimate of drug-likeness (QED) is 0.643. The van der Waals surface area contributed by atoms with E-state index >= 15 is 0 Å². The fourth-order valence-corrected chi connectivity index (χ4v) is 5.04. The Morgan fingerprint density at radius 3 is 1.61 bits per heavy atom. The Morgan fingerprint density at radius 1 is 0.611 bits per heavy atom. The zero-order valence-electron chi connectivity index (χ0n) is 9.99. The minimum Gasteiger partial charge on any atom is -0.474 e. The van der Waals surface area contributed by atoms with Gasteiger partial charge in [0.05, 0.1) is 11.6 Å². The number of hydrogen-bond acceptors (Lipinski definition) is 1. The normalized spacial score (nSPS) is 10.7. The lowest BCUT2D eigenvalue weighted by atomic mass is 10.4. The van der Waals surface area contributed by atoms with Crippen molar-refractivity contribution in [2.45, 2.75) is 0 Å². The van der Waals surface area contributed by atoms with E-state index in [1.165, 1.54) is 10.4 Å². The largest absolute Gasteiger partial charge is 0.474 e. The summed E-state index contributed by atoms with van der Waals surface area (Å²) in [7, 11) is -1.43. The van der Waals surface area contributed by atoms with Gasteiger partial charge in [0.25, 0.3) is 0 Å². The summed E-state index contributed by atoms with van der Waals surface area (Å²) in [4.78, 5) is 0. The Morgan fingerprint density at radius 2 is 1.17 bits per heavy atom. The van der Waals surface area contributed by atoms with Gasteiger partial charge < -0.3 is 4.42 Å². The van der Waals surface area contributed by atoms with Gasteiger partial charge in [0, 0.05) is 0 Å². The summed E-state index contributed by atoms with van der Waals surface area (Å²) in [5.74, 6) is 0. The van der Waals surface area contributed by atoms with Crippen LogP contribution >= 0.6 is 0 Å². The highest BCUT2D eigenvalue weighted by atomic mass is 28.3. The molecule has 0 N–H and O–H groups in total. The molecule has 88 valence electrons. The number of rotatable bonds is 3. The van der Waals surface area contributed by atoms with Gasteiger partial charge in [-0.3, -0.25) is 0 Å². The third-order valence-electron chi connectivity index (χ3n) is 3.09. The van der Waals surface area contributed by atoms with Crippen LogP contribution in [0.1, 0.15) is 0 Å². The molecular weight excluding hydrogens is 236 g/mol. The third-order valence-corrected chi connectivity index (χ3v) is 6.09. The number of benzene rings is 2. The second-order valence-corrected chi connectivity index (χ2v) is 7.04. The molecule has 0 atom stereocenters. The average molecular weight is 250 g/mol. The molecule has 0 aliphatic carbocycles. The van der Waals surface area contributed by atoms with Crippen molar-refractivity contribution in [1.29, 1.82) is 0 Å². The molecule has 2 aromatic carbocycles. The van der Waals surface area contributed by atoms with Gasteiger partial charge in [0.2, 0.25) is 0 Å². The number of furan rings is 1.